The molecule has 0 aliphatic heterocycles. The maximum Gasteiger partial charge on any atom is 0.549 e. The van der Waals surface area contributed by atoms with Crippen molar-refractivity contribution in [3.63, 3.8) is 0 Å². The fourth-order valence-electron chi connectivity index (χ4n) is 0. The first-order valence-electron chi connectivity index (χ1n) is 1.35. The van der Waals surface area contributed by atoms with Gasteiger partial charge in [0.05, 0.1) is 0 Å². The van der Waals surface area contributed by atoms with Gasteiger partial charge in [-0.05, 0) is 0 Å². The Bertz CT molecular complexity index is 69.8. The standard InChI is InChI=1S/BH3O2.F2HO2P/c2-1-3;1-5(2,3)4/h1-3H;(H,3,4). The van der Waals surface area contributed by atoms with Crippen LogP contribution in [0.4, 0.5) is 8.39 Å². The Morgan fingerprint density at radius 2 is 1.38 bits per heavy atom. The van der Waals surface area contributed by atoms with Gasteiger partial charge in [-0.25, -0.2) is 4.57 Å². The van der Waals surface area contributed by atoms with Crippen LogP contribution in [0.2, 0.25) is 0 Å². The average Bonchev–Trinajstić information content (AvgIpc) is 1.27. The van der Waals surface area contributed by atoms with E-state index in [4.69, 9.17) is 19.5 Å². The van der Waals surface area contributed by atoms with Crippen molar-refractivity contribution in [3.8, 4) is 0 Å². The lowest BCUT2D eigenvalue weighted by Crippen LogP contribution is -1.75. The van der Waals surface area contributed by atoms with Gasteiger partial charge in [0, 0.05) is 0 Å². The maximum atomic E-state index is 10.1. The van der Waals surface area contributed by atoms with Gasteiger partial charge in [-0.2, -0.15) is 0 Å². The van der Waals surface area contributed by atoms with Crippen molar-refractivity contribution in [2.45, 2.75) is 0 Å². The monoisotopic (exact) mass is 148 g/mol. The first-order valence-corrected chi connectivity index (χ1v) is 2.79. The number of rotatable bonds is 0. The van der Waals surface area contributed by atoms with Gasteiger partial charge in [-0.1, -0.05) is 0 Å². The van der Waals surface area contributed by atoms with Crippen molar-refractivity contribution in [3.05, 3.63) is 0 Å². The van der Waals surface area contributed by atoms with E-state index in [1.807, 2.05) is 0 Å². The fraction of sp³-hybridized carbons (Fsp3) is 0. The Labute approximate surface area is 44.8 Å². The quantitative estimate of drug-likeness (QED) is 0.312. The number of halogens is 2. The molecule has 0 fully saturated rings. The van der Waals surface area contributed by atoms with Gasteiger partial charge in [0.25, 0.3) is 0 Å². The highest BCUT2D eigenvalue weighted by molar-refractivity contribution is 7.46. The van der Waals surface area contributed by atoms with Crippen LogP contribution in [-0.4, -0.2) is 22.6 Å². The second-order valence-corrected chi connectivity index (χ2v) is 1.45. The second-order valence-electron chi connectivity index (χ2n) is 0.576. The molecule has 50 valence electrons. The Hall–Kier alpha value is 0.0349. The SMILES string of the molecule is O=P(O)(F)F.OBO. The Balaban J connectivity index is 0. The Kier molecular flexibility index (Phi) is 7.07. The Morgan fingerprint density at radius 3 is 1.38 bits per heavy atom. The van der Waals surface area contributed by atoms with Crippen LogP contribution in [0.3, 0.4) is 0 Å². The first-order chi connectivity index (χ1) is 3.41. The average molecular weight is 148 g/mol. The zero-order valence-electron chi connectivity index (χ0n) is 3.66. The normalized spacial score (nSPS) is 9.12. The molecule has 0 aliphatic rings. The first kappa shape index (κ1) is 10.9. The van der Waals surface area contributed by atoms with E-state index >= 15 is 0 Å². The molecule has 8 heavy (non-hydrogen) atoms. The van der Waals surface area contributed by atoms with Gasteiger partial charge in [-0.3, -0.25) is 4.89 Å². The molecule has 0 heterocycles. The lowest BCUT2D eigenvalue weighted by Gasteiger charge is -1.73. The summed E-state index contributed by atoms with van der Waals surface area (Å²) in [6, 6.07) is 0. The summed E-state index contributed by atoms with van der Waals surface area (Å²) in [7, 11) is -6.39. The smallest absolute Gasteiger partial charge is 0.430 e. The van der Waals surface area contributed by atoms with E-state index in [1.165, 1.54) is 0 Å². The molecule has 0 aromatic carbocycles. The van der Waals surface area contributed by atoms with Crippen molar-refractivity contribution in [1.29, 1.82) is 0 Å². The van der Waals surface area contributed by atoms with E-state index < -0.39 is 15.7 Å². The van der Waals surface area contributed by atoms with Crippen LogP contribution in [0.25, 0.3) is 0 Å². The maximum absolute atomic E-state index is 10.1. The summed E-state index contributed by atoms with van der Waals surface area (Å²) in [5.41, 5.74) is 0. The van der Waals surface area contributed by atoms with Crippen molar-refractivity contribution in [2.24, 2.45) is 0 Å². The van der Waals surface area contributed by atoms with Gasteiger partial charge in [-0.15, -0.1) is 8.39 Å². The molecular formula is H4BF2O4P. The van der Waals surface area contributed by atoms with Crippen molar-refractivity contribution >= 4 is 15.7 Å². The van der Waals surface area contributed by atoms with Crippen LogP contribution in [0.15, 0.2) is 0 Å². The van der Waals surface area contributed by atoms with Crippen LogP contribution in [-0.2, 0) is 4.57 Å². The molecule has 4 nitrogen and oxygen atoms in total. The molecule has 0 rings (SSSR count). The van der Waals surface area contributed by atoms with Crippen LogP contribution in [0, 0.1) is 0 Å². The number of hydrogen-bond donors (Lipinski definition) is 3. The molecule has 0 bridgehead atoms. The molecule has 0 saturated carbocycles. The second kappa shape index (κ2) is 5.18. The highest BCUT2D eigenvalue weighted by atomic mass is 31.2. The van der Waals surface area contributed by atoms with E-state index in [9.17, 15) is 8.39 Å². The molecule has 0 spiro atoms. The van der Waals surface area contributed by atoms with Gasteiger partial charge in [0.1, 0.15) is 0 Å². The molecule has 0 amide bonds. The number of hydrogen-bond acceptors (Lipinski definition) is 3. The molecule has 8 heteroatoms. The molecular weight excluding hydrogens is 144 g/mol. The van der Waals surface area contributed by atoms with Crippen LogP contribution < -0.4 is 0 Å². The zero-order valence-corrected chi connectivity index (χ0v) is 4.55. The largest absolute Gasteiger partial charge is 0.549 e. The molecule has 0 saturated heterocycles. The predicted molar refractivity (Wildman–Crippen MR) is 23.6 cm³/mol. The molecule has 0 aliphatic carbocycles. The van der Waals surface area contributed by atoms with Crippen LogP contribution >= 0.6 is 7.99 Å². The minimum Gasteiger partial charge on any atom is -0.430 e. The van der Waals surface area contributed by atoms with E-state index in [0.717, 1.165) is 0 Å². The van der Waals surface area contributed by atoms with Crippen LogP contribution in [0.1, 0.15) is 0 Å². The van der Waals surface area contributed by atoms with Gasteiger partial charge in [0.2, 0.25) is 0 Å². The summed E-state index contributed by atoms with van der Waals surface area (Å²) >= 11 is 0. The minimum atomic E-state index is -5.64. The molecule has 0 atom stereocenters. The minimum absolute atomic E-state index is 0.750. The van der Waals surface area contributed by atoms with Crippen molar-refractivity contribution in [2.75, 3.05) is 0 Å². The van der Waals surface area contributed by atoms with Crippen LogP contribution in [0.5, 0.6) is 0 Å². The Morgan fingerprint density at radius 1 is 1.38 bits per heavy atom. The highest BCUT2D eigenvalue weighted by Gasteiger charge is 2.09. The van der Waals surface area contributed by atoms with Gasteiger partial charge >= 0.3 is 15.7 Å². The highest BCUT2D eigenvalue weighted by Crippen LogP contribution is 2.43. The lowest BCUT2D eigenvalue weighted by molar-refractivity contribution is 0.376. The summed E-state index contributed by atoms with van der Waals surface area (Å²) in [6.07, 6.45) is 0. The van der Waals surface area contributed by atoms with E-state index in [1.54, 1.807) is 0 Å². The molecule has 3 N–H and O–H groups in total. The lowest BCUT2D eigenvalue weighted by atomic mass is 10.5. The zero-order chi connectivity index (χ0) is 7.21. The van der Waals surface area contributed by atoms with E-state index in [2.05, 4.69) is 0 Å². The summed E-state index contributed by atoms with van der Waals surface area (Å²) in [4.78, 5) is 6.74. The summed E-state index contributed by atoms with van der Waals surface area (Å²) in [5.74, 6) is 0. The topological polar surface area (TPSA) is 77.8 Å². The predicted octanol–water partition coefficient (Wildman–Crippen LogP) is -0.737. The molecule has 0 unspecified atom stereocenters. The molecule has 0 aromatic rings. The third kappa shape index (κ3) is 125000. The van der Waals surface area contributed by atoms with Gasteiger partial charge < -0.3 is 10.0 Å². The third-order valence-corrected chi connectivity index (χ3v) is 0. The molecule has 0 radical (unpaired) electrons. The summed E-state index contributed by atoms with van der Waals surface area (Å²) < 4.78 is 28.7. The third-order valence-electron chi connectivity index (χ3n) is 0. The summed E-state index contributed by atoms with van der Waals surface area (Å²) in [6.45, 7) is 0. The van der Waals surface area contributed by atoms with Crippen molar-refractivity contribution < 1.29 is 27.9 Å². The van der Waals surface area contributed by atoms with Gasteiger partial charge in [0.15, 0.2) is 0 Å². The van der Waals surface area contributed by atoms with E-state index in [-0.39, 0.29) is 0 Å². The van der Waals surface area contributed by atoms with Crippen molar-refractivity contribution in [1.82, 2.24) is 0 Å². The fourth-order valence-corrected chi connectivity index (χ4v) is 0. The molecule has 0 aromatic heterocycles. The summed E-state index contributed by atoms with van der Waals surface area (Å²) in [5, 5.41) is 14.2. The van der Waals surface area contributed by atoms with E-state index in [0.29, 0.717) is 0 Å².